The van der Waals surface area contributed by atoms with Gasteiger partial charge in [-0.25, -0.2) is 13.1 Å². The molecule has 0 aliphatic carbocycles. The number of carbonyl (C=O) groups is 1. The lowest BCUT2D eigenvalue weighted by atomic mass is 9.92. The zero-order chi connectivity index (χ0) is 21.0. The number of amides is 1. The minimum atomic E-state index is -3.39. The van der Waals surface area contributed by atoms with Gasteiger partial charge in [-0.05, 0) is 55.5 Å². The van der Waals surface area contributed by atoms with Crippen LogP contribution in [0.2, 0.25) is 5.02 Å². The van der Waals surface area contributed by atoms with Crippen LogP contribution >= 0.6 is 11.6 Å². The number of carbonyl (C=O) groups excluding carboxylic acids is 1. The summed E-state index contributed by atoms with van der Waals surface area (Å²) >= 11 is 6.31. The number of rotatable bonds is 6. The lowest BCUT2D eigenvalue weighted by Gasteiger charge is -2.33. The van der Waals surface area contributed by atoms with Crippen molar-refractivity contribution in [2.45, 2.75) is 32.1 Å². The maximum atomic E-state index is 12.4. The highest BCUT2D eigenvalue weighted by Crippen LogP contribution is 2.28. The molecule has 1 amide bonds. The second kappa shape index (κ2) is 9.24. The zero-order valence-electron chi connectivity index (χ0n) is 16.7. The van der Waals surface area contributed by atoms with Crippen LogP contribution in [0.4, 0.5) is 0 Å². The molecule has 1 atom stereocenters. The topological polar surface area (TPSA) is 79.4 Å². The van der Waals surface area contributed by atoms with Crippen LogP contribution in [-0.2, 0) is 21.2 Å². The number of aryl methyl sites for hydroxylation is 1. The number of piperidine rings is 1. The Balaban J connectivity index is 1.73. The summed E-state index contributed by atoms with van der Waals surface area (Å²) in [6, 6.07) is 12.0. The molecule has 0 unspecified atom stereocenters. The van der Waals surface area contributed by atoms with Gasteiger partial charge in [0, 0.05) is 35.4 Å². The first-order valence-corrected chi connectivity index (χ1v) is 11.9. The monoisotopic (exact) mass is 435 g/mol. The van der Waals surface area contributed by atoms with E-state index in [2.05, 4.69) is 16.9 Å². The molecule has 2 heterocycles. The van der Waals surface area contributed by atoms with E-state index in [1.807, 2.05) is 31.2 Å². The van der Waals surface area contributed by atoms with Crippen molar-refractivity contribution in [3.63, 3.8) is 0 Å². The van der Waals surface area contributed by atoms with Gasteiger partial charge in [-0.15, -0.1) is 0 Å². The van der Waals surface area contributed by atoms with Gasteiger partial charge in [-0.2, -0.15) is 0 Å². The first-order chi connectivity index (χ1) is 13.7. The molecule has 1 fully saturated rings. The average Bonchev–Trinajstić information content (AvgIpc) is 2.67. The summed E-state index contributed by atoms with van der Waals surface area (Å²) in [5.74, 6) is -0.0695. The maximum absolute atomic E-state index is 12.4. The van der Waals surface area contributed by atoms with Crippen LogP contribution in [-0.4, -0.2) is 50.1 Å². The van der Waals surface area contributed by atoms with Crippen molar-refractivity contribution in [2.75, 3.05) is 25.9 Å². The van der Waals surface area contributed by atoms with Crippen LogP contribution in [0.3, 0.4) is 0 Å². The average molecular weight is 436 g/mol. The van der Waals surface area contributed by atoms with Gasteiger partial charge in [0.25, 0.3) is 0 Å². The molecule has 1 aliphatic heterocycles. The Labute approximate surface area is 177 Å². The maximum Gasteiger partial charge on any atom is 0.237 e. The fourth-order valence-corrected chi connectivity index (χ4v) is 4.28. The second-order valence-electron chi connectivity index (χ2n) is 7.58. The number of nitrogens with zero attached hydrogens (tertiary/aromatic N) is 2. The predicted octanol–water partition coefficient (Wildman–Crippen LogP) is 2.89. The Hall–Kier alpha value is -1.96. The van der Waals surface area contributed by atoms with Gasteiger partial charge in [0.15, 0.2) is 0 Å². The number of nitrogens with one attached hydrogen (secondary N) is 1. The quantitative estimate of drug-likeness (QED) is 0.756. The van der Waals surface area contributed by atoms with Gasteiger partial charge in [0.1, 0.15) is 0 Å². The van der Waals surface area contributed by atoms with E-state index in [9.17, 15) is 13.2 Å². The Morgan fingerprint density at radius 2 is 2.07 bits per heavy atom. The molecule has 0 bridgehead atoms. The first kappa shape index (κ1) is 21.7. The van der Waals surface area contributed by atoms with Gasteiger partial charge < -0.3 is 4.90 Å². The molecule has 3 rings (SSSR count). The van der Waals surface area contributed by atoms with Crippen LogP contribution in [0.25, 0.3) is 0 Å². The minimum Gasteiger partial charge on any atom is -0.341 e. The smallest absolute Gasteiger partial charge is 0.237 e. The fraction of sp³-hybridized carbons (Fsp3) is 0.429. The van der Waals surface area contributed by atoms with Gasteiger partial charge in [0.05, 0.1) is 12.8 Å². The Morgan fingerprint density at radius 1 is 1.31 bits per heavy atom. The Morgan fingerprint density at radius 3 is 2.79 bits per heavy atom. The van der Waals surface area contributed by atoms with E-state index in [0.717, 1.165) is 53.1 Å². The molecule has 1 N–H and O–H groups in total. The highest BCUT2D eigenvalue weighted by atomic mass is 35.5. The number of sulfonamides is 1. The third-order valence-corrected chi connectivity index (χ3v) is 6.10. The van der Waals surface area contributed by atoms with E-state index in [1.165, 1.54) is 0 Å². The standard InChI is InChI=1S/C21H26ClN3O3S/c1-15-10-16(11-17-6-3-4-8-19(17)22)12-20(24-15)18-7-5-9-25(14-18)21(26)13-23-29(2,27)28/h3-4,6,8,10,12,18,23H,5,7,9,11,13-14H2,1-2H3/t18-/m0/s1. The summed E-state index contributed by atoms with van der Waals surface area (Å²) in [5, 5.41) is 0.747. The number of likely N-dealkylation sites (tertiary alicyclic amines) is 1. The summed E-state index contributed by atoms with van der Waals surface area (Å²) < 4.78 is 24.8. The molecular weight excluding hydrogens is 410 g/mol. The van der Waals surface area contributed by atoms with Crippen molar-refractivity contribution < 1.29 is 13.2 Å². The molecule has 1 aromatic heterocycles. The normalized spacial score (nSPS) is 17.3. The van der Waals surface area contributed by atoms with Crippen LogP contribution in [0.15, 0.2) is 36.4 Å². The molecular formula is C21H26ClN3O3S. The molecule has 6 nitrogen and oxygen atoms in total. The zero-order valence-corrected chi connectivity index (χ0v) is 18.3. The van der Waals surface area contributed by atoms with E-state index in [-0.39, 0.29) is 18.4 Å². The van der Waals surface area contributed by atoms with Crippen LogP contribution in [0.5, 0.6) is 0 Å². The van der Waals surface area contributed by atoms with Crippen LogP contribution < -0.4 is 4.72 Å². The van der Waals surface area contributed by atoms with E-state index in [4.69, 9.17) is 16.6 Å². The van der Waals surface area contributed by atoms with Crippen molar-refractivity contribution in [2.24, 2.45) is 0 Å². The lowest BCUT2D eigenvalue weighted by Crippen LogP contribution is -2.44. The van der Waals surface area contributed by atoms with Gasteiger partial charge >= 0.3 is 0 Å². The third-order valence-electron chi connectivity index (χ3n) is 5.06. The predicted molar refractivity (Wildman–Crippen MR) is 115 cm³/mol. The molecule has 0 radical (unpaired) electrons. The van der Waals surface area contributed by atoms with Crippen molar-refractivity contribution in [1.82, 2.24) is 14.6 Å². The number of pyridine rings is 1. The van der Waals surface area contributed by atoms with Gasteiger partial charge in [0.2, 0.25) is 15.9 Å². The van der Waals surface area contributed by atoms with E-state index < -0.39 is 10.0 Å². The summed E-state index contributed by atoms with van der Waals surface area (Å²) in [5.41, 5.74) is 4.12. The summed E-state index contributed by atoms with van der Waals surface area (Å²) in [6.07, 6.45) is 3.59. The molecule has 1 aliphatic rings. The molecule has 1 aromatic carbocycles. The molecule has 1 saturated heterocycles. The summed E-state index contributed by atoms with van der Waals surface area (Å²) in [7, 11) is -3.39. The highest BCUT2D eigenvalue weighted by Gasteiger charge is 2.26. The lowest BCUT2D eigenvalue weighted by molar-refractivity contribution is -0.131. The van der Waals surface area contributed by atoms with Crippen molar-refractivity contribution in [1.29, 1.82) is 0 Å². The highest BCUT2D eigenvalue weighted by molar-refractivity contribution is 7.88. The van der Waals surface area contributed by atoms with Crippen LogP contribution in [0, 0.1) is 6.92 Å². The summed E-state index contributed by atoms with van der Waals surface area (Å²) in [6.45, 7) is 2.96. The number of hydrogen-bond donors (Lipinski definition) is 1. The largest absolute Gasteiger partial charge is 0.341 e. The molecule has 0 saturated carbocycles. The second-order valence-corrected chi connectivity index (χ2v) is 9.82. The molecule has 0 spiro atoms. The molecule has 156 valence electrons. The van der Waals surface area contributed by atoms with Crippen LogP contribution in [0.1, 0.15) is 41.3 Å². The Kier molecular flexibility index (Phi) is 6.93. The first-order valence-electron chi connectivity index (χ1n) is 9.64. The van der Waals surface area contributed by atoms with Gasteiger partial charge in [-0.1, -0.05) is 29.8 Å². The Bertz CT molecular complexity index is 994. The molecule has 29 heavy (non-hydrogen) atoms. The molecule has 8 heteroatoms. The number of aromatic nitrogens is 1. The summed E-state index contributed by atoms with van der Waals surface area (Å²) in [4.78, 5) is 18.8. The number of hydrogen-bond acceptors (Lipinski definition) is 4. The van der Waals surface area contributed by atoms with Crippen molar-refractivity contribution in [3.05, 3.63) is 63.9 Å². The van der Waals surface area contributed by atoms with E-state index in [0.29, 0.717) is 13.1 Å². The fourth-order valence-electron chi connectivity index (χ4n) is 3.69. The molecule has 2 aromatic rings. The van der Waals surface area contributed by atoms with Gasteiger partial charge in [-0.3, -0.25) is 9.78 Å². The van der Waals surface area contributed by atoms with Crippen molar-refractivity contribution >= 4 is 27.5 Å². The minimum absolute atomic E-state index is 0.135. The third kappa shape index (κ3) is 6.26. The number of halogens is 1. The van der Waals surface area contributed by atoms with E-state index in [1.54, 1.807) is 4.90 Å². The van der Waals surface area contributed by atoms with Crippen molar-refractivity contribution in [3.8, 4) is 0 Å². The SMILES string of the molecule is Cc1cc(Cc2ccccc2Cl)cc([C@H]2CCCN(C(=O)CNS(C)(=O)=O)C2)n1. The van der Waals surface area contributed by atoms with E-state index >= 15 is 0 Å². The number of benzene rings is 1.